The maximum atomic E-state index is 12.3. The Morgan fingerprint density at radius 3 is 2.36 bits per heavy atom. The molecule has 0 radical (unpaired) electrons. The minimum Gasteiger partial charge on any atom is -0.394 e. The summed E-state index contributed by atoms with van der Waals surface area (Å²) in [7, 11) is 0. The lowest BCUT2D eigenvalue weighted by atomic mass is 9.74. The molecule has 1 aliphatic heterocycles. The van der Waals surface area contributed by atoms with E-state index in [0.717, 1.165) is 11.1 Å². The first-order chi connectivity index (χ1) is 12.1. The smallest absolute Gasteiger partial charge is 0.222 e. The lowest BCUT2D eigenvalue weighted by Gasteiger charge is -2.55. The van der Waals surface area contributed by atoms with Crippen molar-refractivity contribution in [3.63, 3.8) is 0 Å². The molecule has 136 valence electrons. The lowest BCUT2D eigenvalue weighted by molar-refractivity contribution is -0.150. The van der Waals surface area contributed by atoms with E-state index in [2.05, 4.69) is 5.32 Å². The number of hydrogen-bond donors (Lipinski definition) is 2. The van der Waals surface area contributed by atoms with E-state index in [-0.39, 0.29) is 36.4 Å². The number of carbonyl (C=O) groups excluding carboxylic acids is 2. The molecule has 5 heteroatoms. The van der Waals surface area contributed by atoms with Crippen LogP contribution >= 0.6 is 0 Å². The number of benzene rings is 1. The minimum absolute atomic E-state index is 0.0107. The number of aliphatic hydroxyl groups is 1. The summed E-state index contributed by atoms with van der Waals surface area (Å²) in [6, 6.07) is 7.82. The van der Waals surface area contributed by atoms with E-state index < -0.39 is 0 Å². The molecule has 1 aromatic rings. The summed E-state index contributed by atoms with van der Waals surface area (Å²) < 4.78 is 0. The molecule has 0 aliphatic carbocycles. The van der Waals surface area contributed by atoms with Crippen molar-refractivity contribution >= 4 is 17.9 Å². The Kier molecular flexibility index (Phi) is 6.76. The van der Waals surface area contributed by atoms with Crippen LogP contribution < -0.4 is 5.32 Å². The van der Waals surface area contributed by atoms with Crippen molar-refractivity contribution in [3.8, 4) is 0 Å². The summed E-state index contributed by atoms with van der Waals surface area (Å²) in [5.74, 6) is 0.00687. The van der Waals surface area contributed by atoms with Gasteiger partial charge in [0.2, 0.25) is 11.8 Å². The fourth-order valence-corrected chi connectivity index (χ4v) is 3.54. The van der Waals surface area contributed by atoms with E-state index >= 15 is 0 Å². The van der Waals surface area contributed by atoms with Gasteiger partial charge >= 0.3 is 0 Å². The third-order valence-corrected chi connectivity index (χ3v) is 4.83. The fourth-order valence-electron chi connectivity index (χ4n) is 3.54. The average molecular weight is 344 g/mol. The number of rotatable bonds is 7. The predicted molar refractivity (Wildman–Crippen MR) is 99.0 cm³/mol. The summed E-state index contributed by atoms with van der Waals surface area (Å²) in [6.45, 7) is 5.93. The zero-order valence-electron chi connectivity index (χ0n) is 15.2. The SMILES string of the molecule is C/C=C/c1ccc([C@H]2[C@@H](CNC(=O)CC)N(C(=O)CC)[C@H]2CO)cc1. The van der Waals surface area contributed by atoms with Gasteiger partial charge in [0, 0.05) is 25.3 Å². The Labute approximate surface area is 149 Å². The van der Waals surface area contributed by atoms with Gasteiger partial charge in [-0.15, -0.1) is 0 Å². The Morgan fingerprint density at radius 1 is 1.16 bits per heavy atom. The number of likely N-dealkylation sites (tertiary alicyclic amines) is 1. The number of hydrogen-bond acceptors (Lipinski definition) is 3. The second kappa shape index (κ2) is 8.81. The van der Waals surface area contributed by atoms with Crippen molar-refractivity contribution in [2.75, 3.05) is 13.2 Å². The second-order valence-corrected chi connectivity index (χ2v) is 6.32. The highest BCUT2D eigenvalue weighted by Crippen LogP contribution is 2.40. The molecule has 0 aromatic heterocycles. The third kappa shape index (κ3) is 4.10. The van der Waals surface area contributed by atoms with Crippen molar-refractivity contribution in [1.29, 1.82) is 0 Å². The normalized spacial score (nSPS) is 22.7. The zero-order valence-corrected chi connectivity index (χ0v) is 15.2. The van der Waals surface area contributed by atoms with Crippen molar-refractivity contribution < 1.29 is 14.7 Å². The maximum absolute atomic E-state index is 12.3. The molecule has 1 aliphatic rings. The number of carbonyl (C=O) groups is 2. The van der Waals surface area contributed by atoms with E-state index in [1.165, 1.54) is 0 Å². The summed E-state index contributed by atoms with van der Waals surface area (Å²) >= 11 is 0. The van der Waals surface area contributed by atoms with Crippen molar-refractivity contribution in [2.24, 2.45) is 0 Å². The number of amides is 2. The molecule has 1 aromatic carbocycles. The Bertz CT molecular complexity index is 624. The van der Waals surface area contributed by atoms with E-state index in [4.69, 9.17) is 0 Å². The van der Waals surface area contributed by atoms with Gasteiger partial charge in [-0.25, -0.2) is 0 Å². The average Bonchev–Trinajstić information content (AvgIpc) is 2.62. The van der Waals surface area contributed by atoms with Crippen LogP contribution in [0.3, 0.4) is 0 Å². The fraction of sp³-hybridized carbons (Fsp3) is 0.500. The maximum Gasteiger partial charge on any atom is 0.222 e. The van der Waals surface area contributed by atoms with Gasteiger partial charge in [-0.2, -0.15) is 0 Å². The Balaban J connectivity index is 2.24. The second-order valence-electron chi connectivity index (χ2n) is 6.32. The quantitative estimate of drug-likeness (QED) is 0.797. The van der Waals surface area contributed by atoms with Crippen LogP contribution in [-0.2, 0) is 9.59 Å². The van der Waals surface area contributed by atoms with Crippen LogP contribution in [0.2, 0.25) is 0 Å². The van der Waals surface area contributed by atoms with Crippen LogP contribution in [0, 0.1) is 0 Å². The number of nitrogens with one attached hydrogen (secondary N) is 1. The number of nitrogens with zero attached hydrogens (tertiary/aromatic N) is 1. The Hall–Kier alpha value is -2.14. The summed E-state index contributed by atoms with van der Waals surface area (Å²) in [5, 5.41) is 12.7. The van der Waals surface area contributed by atoms with Gasteiger partial charge < -0.3 is 15.3 Å². The topological polar surface area (TPSA) is 69.6 Å². The molecule has 25 heavy (non-hydrogen) atoms. The minimum atomic E-state index is -0.233. The molecule has 0 bridgehead atoms. The van der Waals surface area contributed by atoms with Gasteiger partial charge in [0.15, 0.2) is 0 Å². The van der Waals surface area contributed by atoms with E-state index in [1.807, 2.05) is 50.3 Å². The summed E-state index contributed by atoms with van der Waals surface area (Å²) in [5.41, 5.74) is 2.20. The monoisotopic (exact) mass is 344 g/mol. The molecule has 2 amide bonds. The van der Waals surface area contributed by atoms with Gasteiger partial charge in [0.25, 0.3) is 0 Å². The van der Waals surface area contributed by atoms with Crippen LogP contribution in [0.4, 0.5) is 0 Å². The molecule has 5 nitrogen and oxygen atoms in total. The molecule has 3 atom stereocenters. The van der Waals surface area contributed by atoms with Gasteiger partial charge in [0.1, 0.15) is 0 Å². The van der Waals surface area contributed by atoms with Crippen LogP contribution in [-0.4, -0.2) is 47.1 Å². The highest BCUT2D eigenvalue weighted by atomic mass is 16.3. The standard InChI is InChI=1S/C20H28N2O3/c1-4-7-14-8-10-15(11-9-14)20-16(12-21-18(24)5-2)22(17(20)13-23)19(25)6-3/h4,7-11,16-17,20,23H,5-6,12-13H2,1-3H3,(H,21,24)/b7-4+/t16-,17+,20+/m1/s1. The highest BCUT2D eigenvalue weighted by molar-refractivity contribution is 5.79. The van der Waals surface area contributed by atoms with Gasteiger partial charge in [-0.05, 0) is 18.1 Å². The van der Waals surface area contributed by atoms with Gasteiger partial charge in [0.05, 0.1) is 18.7 Å². The largest absolute Gasteiger partial charge is 0.394 e. The van der Waals surface area contributed by atoms with Crippen molar-refractivity contribution in [1.82, 2.24) is 10.2 Å². The molecule has 1 fully saturated rings. The van der Waals surface area contributed by atoms with Crippen molar-refractivity contribution in [3.05, 3.63) is 41.5 Å². The first-order valence-corrected chi connectivity index (χ1v) is 8.98. The highest BCUT2D eigenvalue weighted by Gasteiger charge is 2.50. The molecular weight excluding hydrogens is 316 g/mol. The molecule has 0 unspecified atom stereocenters. The number of allylic oxidation sites excluding steroid dienone is 1. The molecule has 2 rings (SSSR count). The van der Waals surface area contributed by atoms with E-state index in [1.54, 1.807) is 11.8 Å². The predicted octanol–water partition coefficient (Wildman–Crippen LogP) is 2.31. The zero-order chi connectivity index (χ0) is 18.4. The summed E-state index contributed by atoms with van der Waals surface area (Å²) in [4.78, 5) is 25.7. The summed E-state index contributed by atoms with van der Waals surface area (Å²) in [6.07, 6.45) is 4.82. The van der Waals surface area contributed by atoms with Gasteiger partial charge in [-0.3, -0.25) is 9.59 Å². The van der Waals surface area contributed by atoms with E-state index in [9.17, 15) is 14.7 Å². The molecule has 1 heterocycles. The molecule has 1 saturated heterocycles. The molecule has 0 saturated carbocycles. The first kappa shape index (κ1) is 19.2. The Morgan fingerprint density at radius 2 is 1.84 bits per heavy atom. The first-order valence-electron chi connectivity index (χ1n) is 8.98. The third-order valence-electron chi connectivity index (χ3n) is 4.83. The molecule has 0 spiro atoms. The van der Waals surface area contributed by atoms with Crippen molar-refractivity contribution in [2.45, 2.75) is 51.6 Å². The van der Waals surface area contributed by atoms with Crippen LogP contribution in [0.25, 0.3) is 6.08 Å². The van der Waals surface area contributed by atoms with E-state index in [0.29, 0.717) is 19.4 Å². The lowest BCUT2D eigenvalue weighted by Crippen LogP contribution is -2.68. The van der Waals surface area contributed by atoms with Crippen LogP contribution in [0.5, 0.6) is 0 Å². The van der Waals surface area contributed by atoms with Crippen LogP contribution in [0.1, 0.15) is 50.7 Å². The molecule has 2 N–H and O–H groups in total. The number of aliphatic hydroxyl groups excluding tert-OH is 1. The van der Waals surface area contributed by atoms with Crippen LogP contribution in [0.15, 0.2) is 30.3 Å². The van der Waals surface area contributed by atoms with Gasteiger partial charge in [-0.1, -0.05) is 50.3 Å². The molecular formula is C20H28N2O3.